The third-order valence-electron chi connectivity index (χ3n) is 5.25. The predicted molar refractivity (Wildman–Crippen MR) is 107 cm³/mol. The molecule has 23 heavy (non-hydrogen) atoms. The molecule has 2 N–H and O–H groups in total. The summed E-state index contributed by atoms with van der Waals surface area (Å²) in [7, 11) is -1.17. The Kier molecular flexibility index (Phi) is 9.18. The van der Waals surface area contributed by atoms with E-state index < -0.39 is 9.84 Å². The Balaban J connectivity index is 0.00000264. The van der Waals surface area contributed by atoms with Gasteiger partial charge in [-0.15, -0.1) is 24.0 Å². The molecule has 5 nitrogen and oxygen atoms in total. The van der Waals surface area contributed by atoms with Gasteiger partial charge in [-0.1, -0.05) is 32.6 Å². The number of aliphatic imine (C=N–C) groups is 1. The Morgan fingerprint density at radius 1 is 1.13 bits per heavy atom. The summed E-state index contributed by atoms with van der Waals surface area (Å²) in [5.74, 6) is 2.92. The van der Waals surface area contributed by atoms with Crippen LogP contribution in [0.4, 0.5) is 0 Å². The van der Waals surface area contributed by atoms with Crippen molar-refractivity contribution >= 4 is 39.8 Å². The van der Waals surface area contributed by atoms with E-state index in [0.717, 1.165) is 17.8 Å². The monoisotopic (exact) mass is 457 g/mol. The molecule has 0 radical (unpaired) electrons. The standard InChI is InChI=1S/C16H31N3O2S.HI/c1-3-22(20,21)11-10-18-16(17-2)19-15-9-8-13-6-4-5-7-14(13)12-15;/h13-15H,3-12H2,1-2H3,(H2,17,18,19);1H. The molecule has 136 valence electrons. The molecular formula is C16H32IN3O2S. The highest BCUT2D eigenvalue weighted by atomic mass is 127. The van der Waals surface area contributed by atoms with Gasteiger partial charge in [0.05, 0.1) is 5.75 Å². The van der Waals surface area contributed by atoms with Gasteiger partial charge in [0, 0.05) is 25.4 Å². The van der Waals surface area contributed by atoms with E-state index in [1.807, 2.05) is 0 Å². The van der Waals surface area contributed by atoms with Crippen molar-refractivity contribution in [3.8, 4) is 0 Å². The van der Waals surface area contributed by atoms with Crippen LogP contribution in [0.3, 0.4) is 0 Å². The Hall–Kier alpha value is -0.0500. The first-order valence-electron chi connectivity index (χ1n) is 8.71. The van der Waals surface area contributed by atoms with Crippen molar-refractivity contribution in [2.24, 2.45) is 16.8 Å². The fraction of sp³-hybridized carbons (Fsp3) is 0.938. The number of guanidine groups is 1. The van der Waals surface area contributed by atoms with Crippen LogP contribution in [0.2, 0.25) is 0 Å². The summed E-state index contributed by atoms with van der Waals surface area (Å²) >= 11 is 0. The van der Waals surface area contributed by atoms with Crippen molar-refractivity contribution in [1.82, 2.24) is 10.6 Å². The van der Waals surface area contributed by atoms with Gasteiger partial charge in [-0.3, -0.25) is 4.99 Å². The van der Waals surface area contributed by atoms with Gasteiger partial charge in [-0.25, -0.2) is 8.42 Å². The zero-order valence-electron chi connectivity index (χ0n) is 14.4. The zero-order valence-corrected chi connectivity index (χ0v) is 17.5. The van der Waals surface area contributed by atoms with Gasteiger partial charge >= 0.3 is 0 Å². The summed E-state index contributed by atoms with van der Waals surface area (Å²) < 4.78 is 23.0. The van der Waals surface area contributed by atoms with Crippen molar-refractivity contribution < 1.29 is 8.42 Å². The quantitative estimate of drug-likeness (QED) is 0.378. The summed E-state index contributed by atoms with van der Waals surface area (Å²) in [6.45, 7) is 2.11. The molecule has 0 aromatic heterocycles. The molecule has 0 aromatic carbocycles. The summed E-state index contributed by atoms with van der Waals surface area (Å²) in [6, 6.07) is 0.480. The number of sulfone groups is 1. The van der Waals surface area contributed by atoms with Crippen LogP contribution in [0.25, 0.3) is 0 Å². The SMILES string of the molecule is CCS(=O)(=O)CCNC(=NC)NC1CCC2CCCCC2C1.I. The average molecular weight is 457 g/mol. The van der Waals surface area contributed by atoms with Crippen LogP contribution in [-0.2, 0) is 9.84 Å². The van der Waals surface area contributed by atoms with E-state index in [0.29, 0.717) is 12.6 Å². The highest BCUT2D eigenvalue weighted by Gasteiger charge is 2.32. The predicted octanol–water partition coefficient (Wildman–Crippen LogP) is 2.56. The Labute approximate surface area is 158 Å². The molecule has 0 saturated heterocycles. The second-order valence-corrected chi connectivity index (χ2v) is 9.17. The molecule has 2 aliphatic rings. The second kappa shape index (κ2) is 10.1. The lowest BCUT2D eigenvalue weighted by atomic mass is 9.69. The largest absolute Gasteiger partial charge is 0.355 e. The molecule has 0 heterocycles. The number of nitrogens with zero attached hydrogens (tertiary/aromatic N) is 1. The third-order valence-corrected chi connectivity index (χ3v) is 6.96. The average Bonchev–Trinajstić information content (AvgIpc) is 2.53. The molecular weight excluding hydrogens is 425 g/mol. The maximum atomic E-state index is 11.5. The van der Waals surface area contributed by atoms with E-state index in [2.05, 4.69) is 15.6 Å². The van der Waals surface area contributed by atoms with Crippen LogP contribution in [-0.4, -0.2) is 45.5 Å². The molecule has 7 heteroatoms. The second-order valence-electron chi connectivity index (χ2n) is 6.69. The minimum Gasteiger partial charge on any atom is -0.355 e. The van der Waals surface area contributed by atoms with E-state index in [-0.39, 0.29) is 35.5 Å². The molecule has 2 saturated carbocycles. The third kappa shape index (κ3) is 6.76. The molecule has 2 rings (SSSR count). The van der Waals surface area contributed by atoms with Crippen molar-refractivity contribution in [2.75, 3.05) is 25.1 Å². The Morgan fingerprint density at radius 3 is 2.48 bits per heavy atom. The highest BCUT2D eigenvalue weighted by Crippen LogP contribution is 2.40. The summed E-state index contributed by atoms with van der Waals surface area (Å²) in [4.78, 5) is 4.23. The lowest BCUT2D eigenvalue weighted by molar-refractivity contribution is 0.150. The maximum Gasteiger partial charge on any atom is 0.191 e. The fourth-order valence-electron chi connectivity index (χ4n) is 3.86. The van der Waals surface area contributed by atoms with Crippen molar-refractivity contribution in [3.63, 3.8) is 0 Å². The summed E-state index contributed by atoms with van der Waals surface area (Å²) in [5.41, 5.74) is 0. The molecule has 0 bridgehead atoms. The number of hydrogen-bond donors (Lipinski definition) is 2. The van der Waals surface area contributed by atoms with Gasteiger partial charge in [0.15, 0.2) is 15.8 Å². The van der Waals surface area contributed by atoms with E-state index >= 15 is 0 Å². The number of rotatable bonds is 5. The van der Waals surface area contributed by atoms with E-state index in [4.69, 9.17) is 0 Å². The van der Waals surface area contributed by atoms with Gasteiger partial charge < -0.3 is 10.6 Å². The fourth-order valence-corrected chi connectivity index (χ4v) is 4.56. The molecule has 0 spiro atoms. The van der Waals surface area contributed by atoms with Crippen LogP contribution >= 0.6 is 24.0 Å². The molecule has 2 aliphatic carbocycles. The first-order valence-corrected chi connectivity index (χ1v) is 10.5. The molecule has 3 unspecified atom stereocenters. The van der Waals surface area contributed by atoms with E-state index in [1.165, 1.54) is 44.9 Å². The molecule has 0 amide bonds. The van der Waals surface area contributed by atoms with E-state index in [9.17, 15) is 8.42 Å². The van der Waals surface area contributed by atoms with Crippen LogP contribution in [0, 0.1) is 11.8 Å². The minimum atomic E-state index is -2.92. The summed E-state index contributed by atoms with van der Waals surface area (Å²) in [6.07, 6.45) is 9.35. The van der Waals surface area contributed by atoms with Crippen molar-refractivity contribution in [3.05, 3.63) is 0 Å². The molecule has 0 aromatic rings. The van der Waals surface area contributed by atoms with Gasteiger partial charge in [0.25, 0.3) is 0 Å². The molecule has 0 aliphatic heterocycles. The number of nitrogens with one attached hydrogen (secondary N) is 2. The first kappa shape index (κ1) is 21.0. The Bertz CT molecular complexity index is 482. The van der Waals surface area contributed by atoms with Crippen LogP contribution in [0.1, 0.15) is 51.9 Å². The number of halogens is 1. The first-order chi connectivity index (χ1) is 10.5. The summed E-state index contributed by atoms with van der Waals surface area (Å²) in [5, 5.41) is 6.63. The van der Waals surface area contributed by atoms with E-state index in [1.54, 1.807) is 14.0 Å². The van der Waals surface area contributed by atoms with Crippen molar-refractivity contribution in [1.29, 1.82) is 0 Å². The van der Waals surface area contributed by atoms with Crippen molar-refractivity contribution in [2.45, 2.75) is 57.9 Å². The topological polar surface area (TPSA) is 70.6 Å². The van der Waals surface area contributed by atoms with Gasteiger partial charge in [0.2, 0.25) is 0 Å². The van der Waals surface area contributed by atoms with Crippen LogP contribution in [0.5, 0.6) is 0 Å². The zero-order chi connectivity index (χ0) is 16.0. The normalized spacial score (nSPS) is 28.4. The van der Waals surface area contributed by atoms with Gasteiger partial charge in [0.1, 0.15) is 0 Å². The van der Waals surface area contributed by atoms with Crippen LogP contribution < -0.4 is 10.6 Å². The number of fused-ring (bicyclic) bond motifs is 1. The lowest BCUT2D eigenvalue weighted by Crippen LogP contribution is -2.47. The van der Waals surface area contributed by atoms with Crippen LogP contribution in [0.15, 0.2) is 4.99 Å². The maximum absolute atomic E-state index is 11.5. The smallest absolute Gasteiger partial charge is 0.191 e. The van der Waals surface area contributed by atoms with Gasteiger partial charge in [-0.2, -0.15) is 0 Å². The minimum absolute atomic E-state index is 0. The Morgan fingerprint density at radius 2 is 1.83 bits per heavy atom. The molecule has 2 fully saturated rings. The number of hydrogen-bond acceptors (Lipinski definition) is 3. The highest BCUT2D eigenvalue weighted by molar-refractivity contribution is 14.0. The lowest BCUT2D eigenvalue weighted by Gasteiger charge is -2.39. The van der Waals surface area contributed by atoms with Gasteiger partial charge in [-0.05, 0) is 31.1 Å². The molecule has 3 atom stereocenters.